The fraction of sp³-hybridized carbons (Fsp3) is 0.333. The molecule has 0 aliphatic carbocycles. The Balaban J connectivity index is 2.00. The molecule has 0 bridgehead atoms. The Bertz CT molecular complexity index is 997. The molecule has 3 aromatic rings. The van der Waals surface area contributed by atoms with Gasteiger partial charge in [-0.15, -0.1) is 0 Å². The van der Waals surface area contributed by atoms with E-state index in [1.54, 1.807) is 25.1 Å². The Morgan fingerprint density at radius 3 is 2.45 bits per heavy atom. The fourth-order valence-corrected chi connectivity index (χ4v) is 3.41. The van der Waals surface area contributed by atoms with Gasteiger partial charge in [0.1, 0.15) is 17.2 Å². The highest BCUT2D eigenvalue weighted by atomic mass is 16.5. The van der Waals surface area contributed by atoms with Gasteiger partial charge >= 0.3 is 0 Å². The summed E-state index contributed by atoms with van der Waals surface area (Å²) in [6.45, 7) is 7.48. The van der Waals surface area contributed by atoms with Gasteiger partial charge in [-0.25, -0.2) is 4.68 Å². The van der Waals surface area contributed by atoms with E-state index in [1.165, 1.54) is 0 Å². The minimum absolute atomic E-state index is 0.172. The molecule has 0 saturated carbocycles. The van der Waals surface area contributed by atoms with Crippen LogP contribution < -0.4 is 14.8 Å². The zero-order valence-electron chi connectivity index (χ0n) is 18.6. The molecular formula is C24H30N4O3. The van der Waals surface area contributed by atoms with Crippen molar-refractivity contribution in [2.24, 2.45) is 0 Å². The van der Waals surface area contributed by atoms with Crippen LogP contribution in [0.3, 0.4) is 0 Å². The lowest BCUT2D eigenvalue weighted by Gasteiger charge is -2.18. The third kappa shape index (κ3) is 5.24. The summed E-state index contributed by atoms with van der Waals surface area (Å²) in [7, 11) is 3.21. The lowest BCUT2D eigenvalue weighted by atomic mass is 10.1. The smallest absolute Gasteiger partial charge is 0.255 e. The molecule has 7 heteroatoms. The van der Waals surface area contributed by atoms with Crippen LogP contribution in [0.1, 0.15) is 24.2 Å². The summed E-state index contributed by atoms with van der Waals surface area (Å²) in [6.07, 6.45) is 1.76. The summed E-state index contributed by atoms with van der Waals surface area (Å²) in [6, 6.07) is 15.2. The van der Waals surface area contributed by atoms with Crippen LogP contribution in [0, 0.1) is 0 Å². The minimum Gasteiger partial charge on any atom is -0.497 e. The summed E-state index contributed by atoms with van der Waals surface area (Å²) in [4.78, 5) is 15.4. The number of para-hydroxylation sites is 1. The molecule has 0 unspecified atom stereocenters. The molecule has 0 aliphatic rings. The number of carbonyl (C=O) groups excluding carboxylic acids is 1. The number of likely N-dealkylation sites (N-methyl/N-ethyl adjacent to an activating group) is 1. The summed E-state index contributed by atoms with van der Waals surface area (Å²) in [5.41, 5.74) is 2.59. The van der Waals surface area contributed by atoms with Gasteiger partial charge in [0.25, 0.3) is 5.91 Å². The van der Waals surface area contributed by atoms with Crippen molar-refractivity contribution in [1.82, 2.24) is 20.0 Å². The Kier molecular flexibility index (Phi) is 7.67. The standard InChI is InChI=1S/C24H30N4O3/c1-5-27(6-2)15-14-25-24(29)21-17-28(18-10-8-7-9-11-18)26-23(21)20-16-19(30-3)12-13-22(20)31-4/h7-13,16-17H,5-6,14-15H2,1-4H3,(H,25,29). The lowest BCUT2D eigenvalue weighted by Crippen LogP contribution is -2.34. The number of hydrogen-bond donors (Lipinski definition) is 1. The van der Waals surface area contributed by atoms with E-state index in [-0.39, 0.29) is 5.91 Å². The summed E-state index contributed by atoms with van der Waals surface area (Å²) in [5.74, 6) is 1.11. The van der Waals surface area contributed by atoms with Crippen LogP contribution >= 0.6 is 0 Å². The van der Waals surface area contributed by atoms with Crippen molar-refractivity contribution < 1.29 is 14.3 Å². The average molecular weight is 423 g/mol. The monoisotopic (exact) mass is 422 g/mol. The van der Waals surface area contributed by atoms with Gasteiger partial charge in [0, 0.05) is 24.8 Å². The van der Waals surface area contributed by atoms with Crippen LogP contribution in [-0.2, 0) is 0 Å². The average Bonchev–Trinajstić information content (AvgIpc) is 3.27. The first kappa shape index (κ1) is 22.4. The highest BCUT2D eigenvalue weighted by Gasteiger charge is 2.22. The number of methoxy groups -OCH3 is 2. The van der Waals surface area contributed by atoms with Crippen LogP contribution in [0.15, 0.2) is 54.7 Å². The van der Waals surface area contributed by atoms with E-state index >= 15 is 0 Å². The van der Waals surface area contributed by atoms with E-state index in [0.717, 1.165) is 25.3 Å². The van der Waals surface area contributed by atoms with E-state index < -0.39 is 0 Å². The van der Waals surface area contributed by atoms with Gasteiger partial charge in [0.05, 0.1) is 25.5 Å². The van der Waals surface area contributed by atoms with Gasteiger partial charge in [0.15, 0.2) is 0 Å². The topological polar surface area (TPSA) is 68.6 Å². The Labute approximate surface area is 183 Å². The number of ether oxygens (including phenoxy) is 2. The zero-order chi connectivity index (χ0) is 22.2. The summed E-state index contributed by atoms with van der Waals surface area (Å²) >= 11 is 0. The molecule has 0 radical (unpaired) electrons. The first-order chi connectivity index (χ1) is 15.1. The predicted octanol–water partition coefficient (Wildman–Crippen LogP) is 3.63. The van der Waals surface area contributed by atoms with Crippen LogP contribution in [0.2, 0.25) is 0 Å². The maximum absolute atomic E-state index is 13.1. The van der Waals surface area contributed by atoms with E-state index in [4.69, 9.17) is 14.6 Å². The number of hydrogen-bond acceptors (Lipinski definition) is 5. The quantitative estimate of drug-likeness (QED) is 0.540. The second-order valence-corrected chi connectivity index (χ2v) is 7.02. The Morgan fingerprint density at radius 2 is 1.81 bits per heavy atom. The molecule has 3 rings (SSSR count). The van der Waals surface area contributed by atoms with Crippen LogP contribution in [0.25, 0.3) is 16.9 Å². The largest absolute Gasteiger partial charge is 0.497 e. The maximum atomic E-state index is 13.1. The van der Waals surface area contributed by atoms with Gasteiger partial charge in [-0.1, -0.05) is 32.0 Å². The molecule has 1 aromatic heterocycles. The van der Waals surface area contributed by atoms with Crippen LogP contribution in [-0.4, -0.2) is 61.0 Å². The van der Waals surface area contributed by atoms with Gasteiger partial charge in [-0.05, 0) is 43.4 Å². The van der Waals surface area contributed by atoms with E-state index in [2.05, 4.69) is 24.1 Å². The second kappa shape index (κ2) is 10.6. The number of rotatable bonds is 10. The highest BCUT2D eigenvalue weighted by molar-refractivity contribution is 6.00. The number of nitrogens with zero attached hydrogens (tertiary/aromatic N) is 3. The van der Waals surface area contributed by atoms with Crippen molar-refractivity contribution in [3.63, 3.8) is 0 Å². The van der Waals surface area contributed by atoms with Crippen molar-refractivity contribution in [1.29, 1.82) is 0 Å². The third-order valence-electron chi connectivity index (χ3n) is 5.25. The first-order valence-electron chi connectivity index (χ1n) is 10.5. The van der Waals surface area contributed by atoms with Crippen LogP contribution in [0.4, 0.5) is 0 Å². The minimum atomic E-state index is -0.172. The Morgan fingerprint density at radius 1 is 1.06 bits per heavy atom. The fourth-order valence-electron chi connectivity index (χ4n) is 3.41. The van der Waals surface area contributed by atoms with Crippen molar-refractivity contribution in [3.8, 4) is 28.4 Å². The van der Waals surface area contributed by atoms with Crippen LogP contribution in [0.5, 0.6) is 11.5 Å². The molecule has 2 aromatic carbocycles. The summed E-state index contributed by atoms with van der Waals surface area (Å²) in [5, 5.41) is 7.77. The van der Waals surface area contributed by atoms with Gasteiger partial charge in [-0.2, -0.15) is 5.10 Å². The molecule has 0 saturated heterocycles. The van der Waals surface area contributed by atoms with E-state index in [9.17, 15) is 4.79 Å². The molecule has 0 aliphatic heterocycles. The molecule has 7 nitrogen and oxygen atoms in total. The van der Waals surface area contributed by atoms with Gasteiger partial charge in [-0.3, -0.25) is 4.79 Å². The molecule has 1 amide bonds. The number of nitrogens with one attached hydrogen (secondary N) is 1. The second-order valence-electron chi connectivity index (χ2n) is 7.02. The lowest BCUT2D eigenvalue weighted by molar-refractivity contribution is 0.0949. The van der Waals surface area contributed by atoms with Gasteiger partial charge < -0.3 is 19.7 Å². The van der Waals surface area contributed by atoms with Gasteiger partial charge in [0.2, 0.25) is 0 Å². The highest BCUT2D eigenvalue weighted by Crippen LogP contribution is 2.35. The molecule has 0 atom stereocenters. The maximum Gasteiger partial charge on any atom is 0.255 e. The molecule has 1 heterocycles. The predicted molar refractivity (Wildman–Crippen MR) is 122 cm³/mol. The first-order valence-corrected chi connectivity index (χ1v) is 10.5. The number of carbonyl (C=O) groups is 1. The van der Waals surface area contributed by atoms with Crippen molar-refractivity contribution >= 4 is 5.91 Å². The molecule has 0 spiro atoms. The van der Waals surface area contributed by atoms with Crippen molar-refractivity contribution in [2.45, 2.75) is 13.8 Å². The third-order valence-corrected chi connectivity index (χ3v) is 5.25. The zero-order valence-corrected chi connectivity index (χ0v) is 18.6. The molecule has 164 valence electrons. The molecular weight excluding hydrogens is 392 g/mol. The SMILES string of the molecule is CCN(CC)CCNC(=O)c1cn(-c2ccccc2)nc1-c1cc(OC)ccc1OC. The van der Waals surface area contributed by atoms with Crippen molar-refractivity contribution in [2.75, 3.05) is 40.4 Å². The number of aromatic nitrogens is 2. The van der Waals surface area contributed by atoms with Crippen molar-refractivity contribution in [3.05, 3.63) is 60.3 Å². The molecule has 31 heavy (non-hydrogen) atoms. The molecule has 0 fully saturated rings. The van der Waals surface area contributed by atoms with E-state index in [0.29, 0.717) is 34.9 Å². The number of benzene rings is 2. The Hall–Kier alpha value is -3.32. The molecule has 1 N–H and O–H groups in total. The summed E-state index contributed by atoms with van der Waals surface area (Å²) < 4.78 is 12.7. The number of amides is 1. The van der Waals surface area contributed by atoms with E-state index in [1.807, 2.05) is 48.5 Å². The normalized spacial score (nSPS) is 10.9.